The quantitative estimate of drug-likeness (QED) is 0.296. The smallest absolute Gasteiger partial charge is 0.330 e. The molecule has 0 bridgehead atoms. The lowest BCUT2D eigenvalue weighted by atomic mass is 10.6. The van der Waals surface area contributed by atoms with Crippen LogP contribution >= 0.6 is 6.64 Å². The summed E-state index contributed by atoms with van der Waals surface area (Å²) in [6.45, 7) is 6.14. The molecule has 94 valence electrons. The minimum absolute atomic E-state index is 0.212. The maximum absolute atomic E-state index is 10.7. The zero-order valence-corrected chi connectivity index (χ0v) is 11.3. The first-order valence-electron chi connectivity index (χ1n) is 5.01. The van der Waals surface area contributed by atoms with Crippen molar-refractivity contribution in [3.63, 3.8) is 0 Å². The van der Waals surface area contributed by atoms with E-state index in [1.807, 2.05) is 13.8 Å². The zero-order chi connectivity index (χ0) is 12.4. The van der Waals surface area contributed by atoms with E-state index in [1.54, 1.807) is 0 Å². The molecule has 5 nitrogen and oxygen atoms in total. The molecule has 0 rings (SSSR count). The average molecular weight is 267 g/mol. The Morgan fingerprint density at radius 2 is 2.00 bits per heavy atom. The number of nitrogens with one attached hydrogen (secondary N) is 1. The fourth-order valence-electron chi connectivity index (χ4n) is 0.862. The number of hydrogen-bond acceptors (Lipinski definition) is 5. The van der Waals surface area contributed by atoms with E-state index in [1.165, 1.54) is 0 Å². The van der Waals surface area contributed by atoms with Crippen LogP contribution in [0.2, 0.25) is 0 Å². The maximum atomic E-state index is 10.7. The number of hydrogen-bond donors (Lipinski definition) is 1. The molecule has 0 heterocycles. The Hall–Kier alpha value is -0.260. The first kappa shape index (κ1) is 15.7. The zero-order valence-electron chi connectivity index (χ0n) is 9.60. The molecule has 0 aromatic rings. The fourth-order valence-corrected chi connectivity index (χ4v) is 3.07. The van der Waals surface area contributed by atoms with E-state index >= 15 is 0 Å². The molecule has 0 atom stereocenters. The van der Waals surface area contributed by atoms with Gasteiger partial charge in [0.05, 0.1) is 13.2 Å². The lowest BCUT2D eigenvalue weighted by molar-refractivity contribution is -0.137. The van der Waals surface area contributed by atoms with E-state index in [9.17, 15) is 4.79 Å². The second-order valence-corrected chi connectivity index (χ2v) is 5.88. The number of ether oxygens (including phenoxy) is 1. The van der Waals surface area contributed by atoms with Gasteiger partial charge in [-0.15, -0.1) is 0 Å². The third-order valence-corrected chi connectivity index (χ3v) is 4.24. The standard InChI is InChI=1S/C9H18NO4PS/c1-4-9(11)12-8-7-10-15(16,13-5-2)14-6-3/h4H,1,5-8H2,2-3H3,(H,10,16). The first-order chi connectivity index (χ1) is 7.58. The lowest BCUT2D eigenvalue weighted by Crippen LogP contribution is -2.20. The van der Waals surface area contributed by atoms with Crippen LogP contribution in [0.1, 0.15) is 13.8 Å². The van der Waals surface area contributed by atoms with Gasteiger partial charge in [-0.3, -0.25) is 0 Å². The summed E-state index contributed by atoms with van der Waals surface area (Å²) < 4.78 is 15.5. The Bertz CT molecular complexity index is 262. The molecule has 1 N–H and O–H groups in total. The van der Waals surface area contributed by atoms with Crippen molar-refractivity contribution < 1.29 is 18.6 Å². The van der Waals surface area contributed by atoms with Gasteiger partial charge in [-0.1, -0.05) is 6.58 Å². The minimum Gasteiger partial charge on any atom is -0.461 e. The molecule has 0 amide bonds. The lowest BCUT2D eigenvalue weighted by Gasteiger charge is -2.21. The van der Waals surface area contributed by atoms with Gasteiger partial charge < -0.3 is 13.8 Å². The normalized spacial score (nSPS) is 11.1. The van der Waals surface area contributed by atoms with Gasteiger partial charge in [0.2, 0.25) is 0 Å². The summed E-state index contributed by atoms with van der Waals surface area (Å²) in [6, 6.07) is 0. The van der Waals surface area contributed by atoms with E-state index in [0.717, 1.165) is 6.08 Å². The van der Waals surface area contributed by atoms with Gasteiger partial charge in [0.15, 0.2) is 0 Å². The highest BCUT2D eigenvalue weighted by atomic mass is 32.5. The molecular weight excluding hydrogens is 249 g/mol. The number of esters is 1. The molecule has 16 heavy (non-hydrogen) atoms. The van der Waals surface area contributed by atoms with Crippen LogP contribution < -0.4 is 5.09 Å². The predicted molar refractivity (Wildman–Crippen MR) is 66.7 cm³/mol. The van der Waals surface area contributed by atoms with Crippen molar-refractivity contribution in [2.45, 2.75) is 13.8 Å². The monoisotopic (exact) mass is 267 g/mol. The highest BCUT2D eigenvalue weighted by molar-refractivity contribution is 8.08. The molecule has 0 radical (unpaired) electrons. The van der Waals surface area contributed by atoms with E-state index in [-0.39, 0.29) is 6.61 Å². The molecule has 0 aliphatic rings. The van der Waals surface area contributed by atoms with Crippen LogP contribution in [0.4, 0.5) is 0 Å². The number of rotatable bonds is 9. The molecule has 0 fully saturated rings. The molecular formula is C9H18NO4PS. The topological polar surface area (TPSA) is 56.8 Å². The molecule has 0 aromatic heterocycles. The van der Waals surface area contributed by atoms with Crippen molar-refractivity contribution in [3.8, 4) is 0 Å². The maximum Gasteiger partial charge on any atom is 0.330 e. The van der Waals surface area contributed by atoms with Crippen molar-refractivity contribution in [3.05, 3.63) is 12.7 Å². The van der Waals surface area contributed by atoms with Gasteiger partial charge in [0, 0.05) is 12.6 Å². The largest absolute Gasteiger partial charge is 0.461 e. The highest BCUT2D eigenvalue weighted by Gasteiger charge is 2.16. The summed E-state index contributed by atoms with van der Waals surface area (Å²) in [5.74, 6) is -0.456. The van der Waals surface area contributed by atoms with Gasteiger partial charge in [0.1, 0.15) is 6.61 Å². The van der Waals surface area contributed by atoms with Gasteiger partial charge in [-0.2, -0.15) is 0 Å². The molecule has 0 saturated heterocycles. The second-order valence-electron chi connectivity index (χ2n) is 2.61. The molecule has 0 aliphatic heterocycles. The van der Waals surface area contributed by atoms with Crippen LogP contribution in [-0.4, -0.2) is 32.3 Å². The Kier molecular flexibility index (Phi) is 8.70. The van der Waals surface area contributed by atoms with Gasteiger partial charge in [-0.05, 0) is 25.7 Å². The summed E-state index contributed by atoms with van der Waals surface area (Å²) in [7, 11) is 0. The molecule has 0 unspecified atom stereocenters. The average Bonchev–Trinajstić information content (AvgIpc) is 2.25. The SMILES string of the molecule is C=CC(=O)OCCNP(=S)(OCC)OCC. The van der Waals surface area contributed by atoms with Crippen LogP contribution in [0.5, 0.6) is 0 Å². The van der Waals surface area contributed by atoms with Crippen molar-refractivity contribution in [2.24, 2.45) is 0 Å². The fraction of sp³-hybridized carbons (Fsp3) is 0.667. The molecule has 0 aromatic carbocycles. The Morgan fingerprint density at radius 3 is 2.44 bits per heavy atom. The van der Waals surface area contributed by atoms with Crippen molar-refractivity contribution in [1.29, 1.82) is 0 Å². The summed E-state index contributed by atoms with van der Waals surface area (Å²) in [6.07, 6.45) is 1.11. The van der Waals surface area contributed by atoms with Gasteiger partial charge in [-0.25, -0.2) is 9.88 Å². The van der Waals surface area contributed by atoms with Crippen molar-refractivity contribution in [1.82, 2.24) is 5.09 Å². The third-order valence-electron chi connectivity index (χ3n) is 1.42. The van der Waals surface area contributed by atoms with Crippen LogP contribution in [0, 0.1) is 0 Å². The molecule has 0 spiro atoms. The number of carbonyl (C=O) groups is 1. The van der Waals surface area contributed by atoms with Crippen molar-refractivity contribution in [2.75, 3.05) is 26.4 Å². The second kappa shape index (κ2) is 8.84. The van der Waals surface area contributed by atoms with Crippen molar-refractivity contribution >= 4 is 24.4 Å². The summed E-state index contributed by atoms with van der Waals surface area (Å²) in [5, 5.41) is 2.95. The van der Waals surface area contributed by atoms with Crippen LogP contribution in [0.15, 0.2) is 12.7 Å². The van der Waals surface area contributed by atoms with E-state index in [4.69, 9.17) is 25.6 Å². The van der Waals surface area contributed by atoms with E-state index < -0.39 is 12.6 Å². The van der Waals surface area contributed by atoms with Crippen LogP contribution in [0.25, 0.3) is 0 Å². The van der Waals surface area contributed by atoms with E-state index in [0.29, 0.717) is 19.8 Å². The van der Waals surface area contributed by atoms with E-state index in [2.05, 4.69) is 11.7 Å². The molecule has 0 saturated carbocycles. The summed E-state index contributed by atoms with van der Waals surface area (Å²) in [5.41, 5.74) is 0. The van der Waals surface area contributed by atoms with Gasteiger partial charge in [0.25, 0.3) is 6.64 Å². The Labute approximate surface area is 101 Å². The molecule has 0 aliphatic carbocycles. The minimum atomic E-state index is -2.42. The Morgan fingerprint density at radius 1 is 1.44 bits per heavy atom. The van der Waals surface area contributed by atoms with Crippen LogP contribution in [-0.2, 0) is 30.4 Å². The third kappa shape index (κ3) is 7.09. The van der Waals surface area contributed by atoms with Gasteiger partial charge >= 0.3 is 5.97 Å². The summed E-state index contributed by atoms with van der Waals surface area (Å²) >= 11 is 5.20. The predicted octanol–water partition coefficient (Wildman–Crippen LogP) is 1.60. The highest BCUT2D eigenvalue weighted by Crippen LogP contribution is 2.43. The Balaban J connectivity index is 3.89. The molecule has 7 heteroatoms. The van der Waals surface area contributed by atoms with Crippen LogP contribution in [0.3, 0.4) is 0 Å². The number of carbonyl (C=O) groups excluding carboxylic acids is 1. The summed E-state index contributed by atoms with van der Waals surface area (Å²) in [4.78, 5) is 10.7. The first-order valence-corrected chi connectivity index (χ1v) is 7.65.